The number of hydrogen-bond acceptors (Lipinski definition) is 8. The lowest BCUT2D eigenvalue weighted by atomic mass is 9.93. The molecule has 0 saturated heterocycles. The third kappa shape index (κ3) is 4.31. The first kappa shape index (κ1) is 18.8. The van der Waals surface area contributed by atoms with E-state index in [1.165, 1.54) is 0 Å². The van der Waals surface area contributed by atoms with E-state index in [4.69, 9.17) is 10.0 Å². The van der Waals surface area contributed by atoms with Crippen LogP contribution in [0.3, 0.4) is 0 Å². The Morgan fingerprint density at radius 2 is 1.96 bits per heavy atom. The van der Waals surface area contributed by atoms with Gasteiger partial charge in [-0.1, -0.05) is 0 Å². The lowest BCUT2D eigenvalue weighted by Crippen LogP contribution is -2.38. The van der Waals surface area contributed by atoms with Gasteiger partial charge in [-0.3, -0.25) is 4.79 Å². The van der Waals surface area contributed by atoms with Crippen LogP contribution in [0, 0.1) is 0 Å². The molecule has 134 valence electrons. The van der Waals surface area contributed by atoms with Crippen LogP contribution in [-0.2, 0) is 16.0 Å². The van der Waals surface area contributed by atoms with Gasteiger partial charge in [0.05, 0.1) is 16.9 Å². The summed E-state index contributed by atoms with van der Waals surface area (Å²) in [5.41, 5.74) is -1.68. The molecule has 0 spiro atoms. The quantitative estimate of drug-likeness (QED) is 0.512. The van der Waals surface area contributed by atoms with Crippen molar-refractivity contribution in [3.05, 3.63) is 23.8 Å². The predicted molar refractivity (Wildman–Crippen MR) is 75.4 cm³/mol. The van der Waals surface area contributed by atoms with Crippen molar-refractivity contribution in [3.8, 4) is 11.4 Å². The number of amides is 1. The van der Waals surface area contributed by atoms with E-state index in [2.05, 4.69) is 15.4 Å². The highest BCUT2D eigenvalue weighted by molar-refractivity contribution is 8.06. The number of halogens is 3. The van der Waals surface area contributed by atoms with Crippen LogP contribution in [0.1, 0.15) is 5.56 Å². The Hall–Kier alpha value is -2.52. The van der Waals surface area contributed by atoms with Crippen LogP contribution in [0.2, 0.25) is 0 Å². The van der Waals surface area contributed by atoms with Gasteiger partial charge in [0.15, 0.2) is 0 Å². The number of benzene rings is 1. The van der Waals surface area contributed by atoms with Crippen molar-refractivity contribution in [1.82, 2.24) is 25.9 Å². The second-order valence-corrected chi connectivity index (χ2v) is 6.48. The van der Waals surface area contributed by atoms with E-state index >= 15 is 0 Å². The van der Waals surface area contributed by atoms with Gasteiger partial charge in [0, 0.05) is 5.56 Å². The lowest BCUT2D eigenvalue weighted by Gasteiger charge is -2.11. The zero-order chi connectivity index (χ0) is 18.8. The van der Waals surface area contributed by atoms with Crippen molar-refractivity contribution >= 4 is 22.2 Å². The maximum absolute atomic E-state index is 13.0. The monoisotopic (exact) mass is 379 g/mol. The normalized spacial score (nSPS) is 12.0. The van der Waals surface area contributed by atoms with Gasteiger partial charge in [-0.2, -0.15) is 18.4 Å². The van der Waals surface area contributed by atoms with E-state index in [0.29, 0.717) is 6.07 Å². The van der Waals surface area contributed by atoms with E-state index in [0.717, 1.165) is 6.07 Å². The van der Waals surface area contributed by atoms with Crippen molar-refractivity contribution in [2.45, 2.75) is 11.1 Å². The Morgan fingerprint density at radius 1 is 1.28 bits per heavy atom. The molecule has 1 amide bonds. The molecule has 0 unspecified atom stereocenters. The van der Waals surface area contributed by atoms with Gasteiger partial charge < -0.3 is 15.4 Å². The number of carbonyl (C=O) groups is 1. The molecule has 2 rings (SSSR count). The smallest absolute Gasteiger partial charge is 0.426 e. The minimum absolute atomic E-state index is 0.272. The van der Waals surface area contributed by atoms with Crippen molar-refractivity contribution in [1.29, 1.82) is 0 Å². The van der Waals surface area contributed by atoms with E-state index in [-0.39, 0.29) is 17.5 Å². The zero-order valence-corrected chi connectivity index (χ0v) is 12.8. The fourth-order valence-electron chi connectivity index (χ4n) is 1.71. The molecule has 0 aliphatic rings. The SMILES string of the molecule is O=C(NCB(O)O)S(=O)(=O)c1cc(-c2nn[nH]n2)cc(C(F)(F)F)c1. The van der Waals surface area contributed by atoms with Gasteiger partial charge in [-0.25, -0.2) is 8.42 Å². The molecule has 10 nitrogen and oxygen atoms in total. The number of hydrogen-bond donors (Lipinski definition) is 4. The number of nitrogens with one attached hydrogen (secondary N) is 2. The topological polar surface area (TPSA) is 158 Å². The molecular weight excluding hydrogens is 370 g/mol. The first-order valence-corrected chi connectivity index (χ1v) is 7.85. The second-order valence-electron chi connectivity index (χ2n) is 4.63. The number of tetrazole rings is 1. The van der Waals surface area contributed by atoms with Crippen LogP contribution in [0.4, 0.5) is 18.0 Å². The number of aromatic nitrogens is 4. The van der Waals surface area contributed by atoms with Crippen LogP contribution < -0.4 is 5.32 Å². The van der Waals surface area contributed by atoms with Crippen LogP contribution in [0.15, 0.2) is 23.1 Å². The summed E-state index contributed by atoms with van der Waals surface area (Å²) in [5.74, 6) is -0.311. The fourth-order valence-corrected chi connectivity index (χ4v) is 2.76. The molecule has 25 heavy (non-hydrogen) atoms. The number of rotatable bonds is 4. The van der Waals surface area contributed by atoms with Crippen LogP contribution in [0.5, 0.6) is 0 Å². The summed E-state index contributed by atoms with van der Waals surface area (Å²) in [4.78, 5) is 10.7. The van der Waals surface area contributed by atoms with Crippen molar-refractivity contribution in [2.24, 2.45) is 0 Å². The first-order chi connectivity index (χ1) is 11.5. The summed E-state index contributed by atoms with van der Waals surface area (Å²) in [6, 6.07) is 1.64. The average Bonchev–Trinajstić information content (AvgIpc) is 3.05. The standard InChI is InChI=1S/C10H9BF3N5O5S/c12-10(13,14)6-1-5(8-16-18-19-17-8)2-7(3-6)25(23,24)9(20)15-4-11(21)22/h1-3,21-22H,4H2,(H,15,20)(H,16,17,18,19). The summed E-state index contributed by atoms with van der Waals surface area (Å²) in [6.07, 6.45) is -5.73. The average molecular weight is 379 g/mol. The third-order valence-electron chi connectivity index (χ3n) is 2.82. The van der Waals surface area contributed by atoms with Crippen LogP contribution in [-0.4, -0.2) is 57.9 Å². The van der Waals surface area contributed by atoms with Gasteiger partial charge in [-0.05, 0) is 23.4 Å². The molecule has 0 aliphatic carbocycles. The molecule has 0 saturated carbocycles. The van der Waals surface area contributed by atoms with E-state index in [1.807, 2.05) is 5.21 Å². The maximum atomic E-state index is 13.0. The van der Waals surface area contributed by atoms with Gasteiger partial charge in [0.25, 0.3) is 9.84 Å². The molecule has 4 N–H and O–H groups in total. The highest BCUT2D eigenvalue weighted by atomic mass is 32.2. The first-order valence-electron chi connectivity index (χ1n) is 6.37. The number of sulfone groups is 1. The summed E-state index contributed by atoms with van der Waals surface area (Å²) in [7, 11) is -6.92. The van der Waals surface area contributed by atoms with Gasteiger partial charge >= 0.3 is 18.5 Å². The van der Waals surface area contributed by atoms with Crippen molar-refractivity contribution < 1.29 is 36.4 Å². The Kier molecular flexibility index (Phi) is 5.10. The minimum atomic E-state index is -4.90. The fraction of sp³-hybridized carbons (Fsp3) is 0.200. The molecule has 2 aromatic rings. The molecule has 0 fully saturated rings. The summed E-state index contributed by atoms with van der Waals surface area (Å²) < 4.78 is 63.3. The molecule has 0 aliphatic heterocycles. The van der Waals surface area contributed by atoms with Gasteiger partial charge in [-0.15, -0.1) is 10.2 Å². The minimum Gasteiger partial charge on any atom is -0.426 e. The predicted octanol–water partition coefficient (Wildman–Crippen LogP) is -0.619. The van der Waals surface area contributed by atoms with Crippen molar-refractivity contribution in [2.75, 3.05) is 6.44 Å². The summed E-state index contributed by atoms with van der Waals surface area (Å²) >= 11 is 0. The zero-order valence-electron chi connectivity index (χ0n) is 12.0. The summed E-state index contributed by atoms with van der Waals surface area (Å²) in [5, 5.41) is 29.3. The Morgan fingerprint density at radius 3 is 2.48 bits per heavy atom. The lowest BCUT2D eigenvalue weighted by molar-refractivity contribution is -0.137. The van der Waals surface area contributed by atoms with Crippen molar-refractivity contribution in [3.63, 3.8) is 0 Å². The Bertz CT molecular complexity index is 872. The highest BCUT2D eigenvalue weighted by Gasteiger charge is 2.35. The van der Waals surface area contributed by atoms with E-state index < -0.39 is 45.3 Å². The Labute approximate surface area is 138 Å². The highest BCUT2D eigenvalue weighted by Crippen LogP contribution is 2.34. The van der Waals surface area contributed by atoms with E-state index in [9.17, 15) is 26.4 Å². The molecule has 0 radical (unpaired) electrons. The molecular formula is C10H9BF3N5O5S. The van der Waals surface area contributed by atoms with Crippen LogP contribution >= 0.6 is 0 Å². The van der Waals surface area contributed by atoms with Gasteiger partial charge in [0.2, 0.25) is 5.82 Å². The number of alkyl halides is 3. The summed E-state index contributed by atoms with van der Waals surface area (Å²) in [6.45, 7) is 0. The number of aromatic amines is 1. The van der Waals surface area contributed by atoms with Gasteiger partial charge in [0.1, 0.15) is 0 Å². The second kappa shape index (κ2) is 6.77. The largest absolute Gasteiger partial charge is 0.472 e. The molecule has 1 heterocycles. The molecule has 0 atom stereocenters. The molecule has 0 bridgehead atoms. The molecule has 1 aromatic heterocycles. The maximum Gasteiger partial charge on any atom is 0.472 e. The van der Waals surface area contributed by atoms with E-state index in [1.54, 1.807) is 5.32 Å². The molecule has 1 aromatic carbocycles. The number of carbonyl (C=O) groups excluding carboxylic acids is 1. The van der Waals surface area contributed by atoms with Crippen LogP contribution in [0.25, 0.3) is 11.4 Å². The Balaban J connectivity index is 2.53. The number of nitrogens with zero attached hydrogens (tertiary/aromatic N) is 3. The third-order valence-corrected chi connectivity index (χ3v) is 4.31. The number of H-pyrrole nitrogens is 1. The molecule has 15 heteroatoms.